The van der Waals surface area contributed by atoms with Gasteiger partial charge in [-0.25, -0.2) is 14.8 Å². The van der Waals surface area contributed by atoms with Crippen molar-refractivity contribution in [1.29, 1.82) is 0 Å². The van der Waals surface area contributed by atoms with E-state index in [9.17, 15) is 9.59 Å². The Morgan fingerprint density at radius 2 is 2.08 bits per heavy atom. The molecule has 0 aliphatic rings. The van der Waals surface area contributed by atoms with E-state index in [0.29, 0.717) is 0 Å². The molecule has 0 bridgehead atoms. The molecule has 0 aromatic carbocycles. The first-order chi connectivity index (χ1) is 11.9. The number of ether oxygens (including phenoxy) is 1. The van der Waals surface area contributed by atoms with E-state index >= 15 is 0 Å². The van der Waals surface area contributed by atoms with Crippen molar-refractivity contribution in [2.24, 2.45) is 5.92 Å². The lowest BCUT2D eigenvalue weighted by atomic mass is 9.99. The monoisotopic (exact) mass is 381 g/mol. The fourth-order valence-electron chi connectivity index (χ4n) is 2.40. The quantitative estimate of drug-likeness (QED) is 0.451. The number of esters is 1. The number of fused-ring (bicyclic) bond motifs is 1. The van der Waals surface area contributed by atoms with Crippen molar-refractivity contribution in [2.45, 2.75) is 45.2 Å². The number of rotatable bonds is 7. The van der Waals surface area contributed by atoms with E-state index in [1.807, 2.05) is 20.8 Å². The number of nitrogens with one attached hydrogen (secondary N) is 1. The second kappa shape index (κ2) is 8.62. The molecule has 0 aliphatic heterocycles. The van der Waals surface area contributed by atoms with Crippen LogP contribution in [0.5, 0.6) is 0 Å². The molecule has 2 heterocycles. The molecule has 0 aliphatic carbocycles. The van der Waals surface area contributed by atoms with Gasteiger partial charge >= 0.3 is 5.97 Å². The minimum atomic E-state index is -0.626. The summed E-state index contributed by atoms with van der Waals surface area (Å²) in [5.41, 5.74) is 1.15. The molecule has 1 N–H and O–H groups in total. The van der Waals surface area contributed by atoms with Gasteiger partial charge in [-0.05, 0) is 25.3 Å². The molecule has 2 aromatic heterocycles. The van der Waals surface area contributed by atoms with Gasteiger partial charge in [0, 0.05) is 10.3 Å². The van der Waals surface area contributed by atoms with Crippen LogP contribution in [0.25, 0.3) is 10.2 Å². The van der Waals surface area contributed by atoms with Crippen LogP contribution in [-0.4, -0.2) is 40.7 Å². The lowest BCUT2D eigenvalue weighted by molar-refractivity contribution is -0.146. The summed E-state index contributed by atoms with van der Waals surface area (Å²) in [6, 6.07) is -0.626. The molecule has 0 unspecified atom stereocenters. The third-order valence-electron chi connectivity index (χ3n) is 4.26. The number of hydrogen-bond donors (Lipinski definition) is 1. The summed E-state index contributed by atoms with van der Waals surface area (Å²) >= 11 is 2.98. The van der Waals surface area contributed by atoms with Crippen LogP contribution in [0.15, 0.2) is 11.4 Å². The molecule has 2 aromatic rings. The van der Waals surface area contributed by atoms with E-state index in [2.05, 4.69) is 22.2 Å². The van der Waals surface area contributed by atoms with Gasteiger partial charge < -0.3 is 10.1 Å². The lowest BCUT2D eigenvalue weighted by Crippen LogP contribution is -2.46. The van der Waals surface area contributed by atoms with Gasteiger partial charge in [0.15, 0.2) is 0 Å². The summed E-state index contributed by atoms with van der Waals surface area (Å²) in [5.74, 6) is -0.433. The van der Waals surface area contributed by atoms with Crippen LogP contribution >= 0.6 is 23.1 Å². The summed E-state index contributed by atoms with van der Waals surface area (Å²) in [7, 11) is 1.33. The number of nitrogens with zero attached hydrogens (tertiary/aromatic N) is 2. The highest BCUT2D eigenvalue weighted by Gasteiger charge is 2.26. The number of thiophene rings is 1. The smallest absolute Gasteiger partial charge is 0.328 e. The molecule has 136 valence electrons. The molecule has 0 saturated carbocycles. The van der Waals surface area contributed by atoms with Crippen LogP contribution in [0.4, 0.5) is 0 Å². The number of carbonyl (C=O) groups is 2. The van der Waals surface area contributed by atoms with Crippen LogP contribution in [0.1, 0.15) is 30.7 Å². The lowest BCUT2D eigenvalue weighted by Gasteiger charge is -2.21. The fraction of sp³-hybridized carbons (Fsp3) is 0.529. The summed E-state index contributed by atoms with van der Waals surface area (Å²) in [5, 5.41) is 4.58. The topological polar surface area (TPSA) is 81.2 Å². The molecule has 2 atom stereocenters. The molecule has 6 nitrogen and oxygen atoms in total. The third-order valence-corrected chi connectivity index (χ3v) is 6.36. The van der Waals surface area contributed by atoms with Gasteiger partial charge in [-0.15, -0.1) is 11.3 Å². The average Bonchev–Trinajstić information content (AvgIpc) is 2.91. The van der Waals surface area contributed by atoms with Gasteiger partial charge in [-0.3, -0.25) is 4.79 Å². The Kier molecular flexibility index (Phi) is 6.78. The van der Waals surface area contributed by atoms with Crippen molar-refractivity contribution in [3.63, 3.8) is 0 Å². The van der Waals surface area contributed by atoms with E-state index in [4.69, 9.17) is 4.74 Å². The Balaban J connectivity index is 2.08. The molecule has 0 spiro atoms. The number of carbonyl (C=O) groups excluding carboxylic acids is 2. The molecular formula is C17H23N3O3S2. The molecule has 1 amide bonds. The Morgan fingerprint density at radius 1 is 1.36 bits per heavy atom. The number of aryl methyl sites for hydroxylation is 2. The molecule has 25 heavy (non-hydrogen) atoms. The Morgan fingerprint density at radius 3 is 2.72 bits per heavy atom. The van der Waals surface area contributed by atoms with E-state index < -0.39 is 12.0 Å². The molecule has 0 fully saturated rings. The minimum Gasteiger partial charge on any atom is -0.467 e. The Hall–Kier alpha value is -1.67. The maximum atomic E-state index is 12.3. The summed E-state index contributed by atoms with van der Waals surface area (Å²) in [6.45, 7) is 7.98. The fourth-order valence-corrected chi connectivity index (χ4v) is 4.33. The maximum absolute atomic E-state index is 12.3. The van der Waals surface area contributed by atoms with Gasteiger partial charge in [0.2, 0.25) is 5.91 Å². The van der Waals surface area contributed by atoms with E-state index in [1.54, 1.807) is 11.3 Å². The first-order valence-corrected chi connectivity index (χ1v) is 9.89. The molecule has 8 heteroatoms. The SMILES string of the molecule is CC[C@@H](C)[C@H](NC(=O)CSc1ncnc2sc(C)c(C)c12)C(=O)OC. The standard InChI is InChI=1S/C17H23N3O3S2/c1-6-9(2)14(17(22)23-5)20-12(21)7-24-15-13-10(3)11(4)25-16(13)19-8-18-15/h8-9,14H,6-7H2,1-5H3,(H,20,21)/t9-,14+/m1/s1. The first kappa shape index (κ1) is 19.7. The molecule has 2 rings (SSSR count). The van der Waals surface area contributed by atoms with Gasteiger partial charge in [-0.2, -0.15) is 0 Å². The first-order valence-electron chi connectivity index (χ1n) is 8.09. The highest BCUT2D eigenvalue weighted by atomic mass is 32.2. The van der Waals surface area contributed by atoms with Gasteiger partial charge in [0.25, 0.3) is 0 Å². The number of hydrogen-bond acceptors (Lipinski definition) is 7. The highest BCUT2D eigenvalue weighted by Crippen LogP contribution is 2.34. The third kappa shape index (κ3) is 4.49. The largest absolute Gasteiger partial charge is 0.467 e. The van der Waals surface area contributed by atoms with Crippen LogP contribution in [-0.2, 0) is 14.3 Å². The summed E-state index contributed by atoms with van der Waals surface area (Å²) < 4.78 is 4.80. The van der Waals surface area contributed by atoms with Crippen molar-refractivity contribution >= 4 is 45.2 Å². The van der Waals surface area contributed by atoms with E-state index in [-0.39, 0.29) is 17.6 Å². The summed E-state index contributed by atoms with van der Waals surface area (Å²) in [6.07, 6.45) is 2.29. The summed E-state index contributed by atoms with van der Waals surface area (Å²) in [4.78, 5) is 34.9. The molecule has 0 saturated heterocycles. The van der Waals surface area contributed by atoms with Gasteiger partial charge in [-0.1, -0.05) is 32.0 Å². The van der Waals surface area contributed by atoms with Crippen LogP contribution < -0.4 is 5.32 Å². The number of methoxy groups -OCH3 is 1. The molecular weight excluding hydrogens is 358 g/mol. The number of thioether (sulfide) groups is 1. The zero-order chi connectivity index (χ0) is 18.6. The van der Waals surface area contributed by atoms with Crippen molar-refractivity contribution in [2.75, 3.05) is 12.9 Å². The van der Waals surface area contributed by atoms with Crippen LogP contribution in [0, 0.1) is 19.8 Å². The van der Waals surface area contributed by atoms with Crippen LogP contribution in [0.3, 0.4) is 0 Å². The number of amides is 1. The van der Waals surface area contributed by atoms with E-state index in [0.717, 1.165) is 27.2 Å². The Labute approximate surface area is 155 Å². The average molecular weight is 382 g/mol. The van der Waals surface area contributed by atoms with Crippen molar-refractivity contribution in [3.8, 4) is 0 Å². The van der Waals surface area contributed by atoms with E-state index in [1.165, 1.54) is 30.1 Å². The number of aromatic nitrogens is 2. The Bertz CT molecular complexity index is 776. The zero-order valence-electron chi connectivity index (χ0n) is 15.1. The predicted octanol–water partition coefficient (Wildman–Crippen LogP) is 3.10. The zero-order valence-corrected chi connectivity index (χ0v) is 16.7. The normalized spacial score (nSPS) is 13.5. The minimum absolute atomic E-state index is 0.00826. The van der Waals surface area contributed by atoms with Crippen molar-refractivity contribution in [3.05, 3.63) is 16.8 Å². The van der Waals surface area contributed by atoms with Crippen molar-refractivity contribution < 1.29 is 14.3 Å². The van der Waals surface area contributed by atoms with Gasteiger partial charge in [0.1, 0.15) is 22.2 Å². The van der Waals surface area contributed by atoms with Crippen LogP contribution in [0.2, 0.25) is 0 Å². The molecule has 0 radical (unpaired) electrons. The predicted molar refractivity (Wildman–Crippen MR) is 101 cm³/mol. The second-order valence-corrected chi connectivity index (χ2v) is 8.05. The highest BCUT2D eigenvalue weighted by molar-refractivity contribution is 8.00. The van der Waals surface area contributed by atoms with Crippen molar-refractivity contribution in [1.82, 2.24) is 15.3 Å². The maximum Gasteiger partial charge on any atom is 0.328 e. The van der Waals surface area contributed by atoms with Gasteiger partial charge in [0.05, 0.1) is 12.9 Å². The second-order valence-electron chi connectivity index (χ2n) is 5.88.